The first-order chi connectivity index (χ1) is 12.7. The summed E-state index contributed by atoms with van der Waals surface area (Å²) in [5, 5.41) is 6.45. The molecule has 7 nitrogen and oxygen atoms in total. The van der Waals surface area contributed by atoms with E-state index >= 15 is 0 Å². The van der Waals surface area contributed by atoms with Crippen LogP contribution in [0.25, 0.3) is 0 Å². The normalized spacial score (nSPS) is 17.0. The number of nitrogens with one attached hydrogen (secondary N) is 2. The van der Waals surface area contributed by atoms with Crippen LogP contribution in [0.2, 0.25) is 0 Å². The summed E-state index contributed by atoms with van der Waals surface area (Å²) >= 11 is 1.45. The van der Waals surface area contributed by atoms with Gasteiger partial charge in [-0.3, -0.25) is 15.1 Å². The SMILES string of the molecule is O=C(Nc1nc2c(s1)CN(C(=O)c1ccncc1)CC2)NC1CCCC1. The van der Waals surface area contributed by atoms with E-state index in [1.165, 1.54) is 24.2 Å². The van der Waals surface area contributed by atoms with Gasteiger partial charge in [0.1, 0.15) is 0 Å². The van der Waals surface area contributed by atoms with Gasteiger partial charge in [-0.15, -0.1) is 0 Å². The van der Waals surface area contributed by atoms with Crippen molar-refractivity contribution in [2.45, 2.75) is 44.7 Å². The molecule has 4 rings (SSSR count). The Balaban J connectivity index is 1.39. The lowest BCUT2D eigenvalue weighted by molar-refractivity contribution is 0.0736. The van der Waals surface area contributed by atoms with Gasteiger partial charge in [-0.2, -0.15) is 0 Å². The largest absolute Gasteiger partial charge is 0.335 e. The highest BCUT2D eigenvalue weighted by atomic mass is 32.1. The number of fused-ring (bicyclic) bond motifs is 1. The summed E-state index contributed by atoms with van der Waals surface area (Å²) in [5.74, 6) is -0.0000596. The van der Waals surface area contributed by atoms with E-state index in [0.29, 0.717) is 30.2 Å². The Morgan fingerprint density at radius 3 is 2.73 bits per heavy atom. The molecular weight excluding hydrogens is 350 g/mol. The van der Waals surface area contributed by atoms with Crippen LogP contribution in [-0.4, -0.2) is 39.4 Å². The van der Waals surface area contributed by atoms with Crippen LogP contribution in [-0.2, 0) is 13.0 Å². The standard InChI is InChI=1S/C18H21N5O2S/c24-16(12-5-8-19-9-6-12)23-10-7-14-15(11-23)26-18(21-14)22-17(25)20-13-3-1-2-4-13/h5-6,8-9,13H,1-4,7,10-11H2,(H2,20,21,22,25). The summed E-state index contributed by atoms with van der Waals surface area (Å²) in [4.78, 5) is 36.0. The average molecular weight is 371 g/mol. The van der Waals surface area contributed by atoms with Crippen LogP contribution >= 0.6 is 11.3 Å². The quantitative estimate of drug-likeness (QED) is 0.868. The zero-order valence-corrected chi connectivity index (χ0v) is 15.2. The van der Waals surface area contributed by atoms with Gasteiger partial charge in [0.25, 0.3) is 5.91 Å². The maximum atomic E-state index is 12.6. The maximum Gasteiger partial charge on any atom is 0.321 e. The van der Waals surface area contributed by atoms with Crippen molar-refractivity contribution in [2.75, 3.05) is 11.9 Å². The van der Waals surface area contributed by atoms with Crippen molar-refractivity contribution < 1.29 is 9.59 Å². The molecule has 0 aromatic carbocycles. The third kappa shape index (κ3) is 3.70. The highest BCUT2D eigenvalue weighted by Crippen LogP contribution is 2.29. The number of carbonyl (C=O) groups excluding carboxylic acids is 2. The molecule has 1 fully saturated rings. The summed E-state index contributed by atoms with van der Waals surface area (Å²) in [6.45, 7) is 1.16. The van der Waals surface area contributed by atoms with Gasteiger partial charge in [-0.25, -0.2) is 9.78 Å². The number of hydrogen-bond donors (Lipinski definition) is 2. The van der Waals surface area contributed by atoms with Gasteiger partial charge in [-0.05, 0) is 25.0 Å². The van der Waals surface area contributed by atoms with Crippen molar-refractivity contribution in [2.24, 2.45) is 0 Å². The van der Waals surface area contributed by atoms with Crippen molar-refractivity contribution in [3.63, 3.8) is 0 Å². The van der Waals surface area contributed by atoms with Crippen LogP contribution in [0.15, 0.2) is 24.5 Å². The van der Waals surface area contributed by atoms with Crippen molar-refractivity contribution in [1.29, 1.82) is 0 Å². The van der Waals surface area contributed by atoms with Crippen LogP contribution in [0.1, 0.15) is 46.6 Å². The molecule has 1 aliphatic heterocycles. The van der Waals surface area contributed by atoms with Crippen molar-refractivity contribution in [1.82, 2.24) is 20.2 Å². The Morgan fingerprint density at radius 2 is 1.96 bits per heavy atom. The van der Waals surface area contributed by atoms with Gasteiger partial charge in [0, 0.05) is 41.8 Å². The van der Waals surface area contributed by atoms with E-state index in [1.54, 1.807) is 24.5 Å². The fraction of sp³-hybridized carbons (Fsp3) is 0.444. The predicted octanol–water partition coefficient (Wildman–Crippen LogP) is 2.80. The molecule has 136 valence electrons. The molecule has 0 spiro atoms. The highest BCUT2D eigenvalue weighted by molar-refractivity contribution is 7.15. The van der Waals surface area contributed by atoms with E-state index in [9.17, 15) is 9.59 Å². The van der Waals surface area contributed by atoms with E-state index < -0.39 is 0 Å². The van der Waals surface area contributed by atoms with Crippen molar-refractivity contribution in [3.8, 4) is 0 Å². The topological polar surface area (TPSA) is 87.2 Å². The van der Waals surface area contributed by atoms with E-state index in [4.69, 9.17) is 0 Å². The molecule has 0 atom stereocenters. The summed E-state index contributed by atoms with van der Waals surface area (Å²) in [6, 6.07) is 3.54. The molecule has 2 aromatic heterocycles. The molecule has 3 heterocycles. The smallest absolute Gasteiger partial charge is 0.321 e. The number of hydrogen-bond acceptors (Lipinski definition) is 5. The second-order valence-corrected chi connectivity index (χ2v) is 7.76. The number of urea groups is 1. The molecule has 0 unspecified atom stereocenters. The lowest BCUT2D eigenvalue weighted by Crippen LogP contribution is -2.36. The first-order valence-corrected chi connectivity index (χ1v) is 9.76. The second kappa shape index (κ2) is 7.41. The van der Waals surface area contributed by atoms with Crippen LogP contribution in [0.4, 0.5) is 9.93 Å². The van der Waals surface area contributed by atoms with Crippen molar-refractivity contribution >= 4 is 28.4 Å². The number of carbonyl (C=O) groups is 2. The fourth-order valence-corrected chi connectivity index (χ4v) is 4.51. The second-order valence-electron chi connectivity index (χ2n) is 6.68. The number of anilines is 1. The zero-order valence-electron chi connectivity index (χ0n) is 14.4. The number of thiazole rings is 1. The van der Waals surface area contributed by atoms with Crippen LogP contribution in [0.3, 0.4) is 0 Å². The molecule has 0 radical (unpaired) electrons. The fourth-order valence-electron chi connectivity index (χ4n) is 3.49. The lowest BCUT2D eigenvalue weighted by Gasteiger charge is -2.26. The molecular formula is C18H21N5O2S. The van der Waals surface area contributed by atoms with E-state index in [-0.39, 0.29) is 18.0 Å². The molecule has 26 heavy (non-hydrogen) atoms. The average Bonchev–Trinajstić information content (AvgIpc) is 3.30. The minimum absolute atomic E-state index is 0.0000596. The Bertz CT molecular complexity index is 801. The van der Waals surface area contributed by atoms with Crippen LogP contribution in [0.5, 0.6) is 0 Å². The third-order valence-electron chi connectivity index (χ3n) is 4.86. The Kier molecular flexibility index (Phi) is 4.83. The zero-order chi connectivity index (χ0) is 17.9. The van der Waals surface area contributed by atoms with E-state index in [2.05, 4.69) is 20.6 Å². The Hall–Kier alpha value is -2.48. The van der Waals surface area contributed by atoms with E-state index in [0.717, 1.165) is 23.4 Å². The molecule has 2 aliphatic rings. The first kappa shape index (κ1) is 17.0. The highest BCUT2D eigenvalue weighted by Gasteiger charge is 2.25. The first-order valence-electron chi connectivity index (χ1n) is 8.94. The molecule has 0 bridgehead atoms. The van der Waals surface area contributed by atoms with Crippen molar-refractivity contribution in [3.05, 3.63) is 40.7 Å². The number of nitrogens with zero attached hydrogens (tertiary/aromatic N) is 3. The Labute approximate surface area is 155 Å². The van der Waals surface area contributed by atoms with Gasteiger partial charge >= 0.3 is 6.03 Å². The molecule has 0 saturated heterocycles. The minimum Gasteiger partial charge on any atom is -0.335 e. The Morgan fingerprint density at radius 1 is 1.19 bits per heavy atom. The van der Waals surface area contributed by atoms with E-state index in [1.807, 2.05) is 4.90 Å². The number of rotatable bonds is 3. The number of aromatic nitrogens is 2. The predicted molar refractivity (Wildman–Crippen MR) is 99.2 cm³/mol. The minimum atomic E-state index is -0.187. The summed E-state index contributed by atoms with van der Waals surface area (Å²) in [6.07, 6.45) is 8.41. The summed E-state index contributed by atoms with van der Waals surface area (Å²) in [7, 11) is 0. The van der Waals surface area contributed by atoms with Crippen LogP contribution in [0, 0.1) is 0 Å². The third-order valence-corrected chi connectivity index (χ3v) is 5.85. The molecule has 2 N–H and O–H groups in total. The molecule has 1 aliphatic carbocycles. The lowest BCUT2D eigenvalue weighted by atomic mass is 10.1. The molecule has 8 heteroatoms. The van der Waals surface area contributed by atoms with Crippen LogP contribution < -0.4 is 10.6 Å². The number of amides is 3. The molecule has 1 saturated carbocycles. The monoisotopic (exact) mass is 371 g/mol. The molecule has 3 amide bonds. The van der Waals surface area contributed by atoms with Gasteiger partial charge < -0.3 is 10.2 Å². The molecule has 2 aromatic rings. The number of pyridine rings is 1. The van der Waals surface area contributed by atoms with Gasteiger partial charge in [-0.1, -0.05) is 24.2 Å². The van der Waals surface area contributed by atoms with Gasteiger partial charge in [0.2, 0.25) is 0 Å². The van der Waals surface area contributed by atoms with Gasteiger partial charge in [0.15, 0.2) is 5.13 Å². The maximum absolute atomic E-state index is 12.6. The summed E-state index contributed by atoms with van der Waals surface area (Å²) < 4.78 is 0. The summed E-state index contributed by atoms with van der Waals surface area (Å²) in [5.41, 5.74) is 1.62. The van der Waals surface area contributed by atoms with Gasteiger partial charge in [0.05, 0.1) is 12.2 Å².